The third-order valence-corrected chi connectivity index (χ3v) is 4.84. The van der Waals surface area contributed by atoms with E-state index in [0.29, 0.717) is 27.2 Å². The molecule has 0 spiro atoms. The first-order valence-electron chi connectivity index (χ1n) is 8.37. The van der Waals surface area contributed by atoms with Crippen molar-refractivity contribution in [2.45, 2.75) is 0 Å². The topological polar surface area (TPSA) is 91.9 Å². The van der Waals surface area contributed by atoms with Crippen molar-refractivity contribution in [1.82, 2.24) is 5.32 Å². The van der Waals surface area contributed by atoms with Crippen LogP contribution in [0.5, 0.6) is 0 Å². The summed E-state index contributed by atoms with van der Waals surface area (Å²) in [5.41, 5.74) is 1.59. The number of hydrogen-bond donors (Lipinski definition) is 2. The Balaban J connectivity index is 1.55. The van der Waals surface area contributed by atoms with Crippen molar-refractivity contribution in [3.63, 3.8) is 0 Å². The Labute approximate surface area is 164 Å². The zero-order valence-corrected chi connectivity index (χ0v) is 15.3. The number of aromatic carboxylic acids is 1. The van der Waals surface area contributed by atoms with Crippen LogP contribution in [0.2, 0.25) is 0 Å². The second-order valence-corrected chi connectivity index (χ2v) is 6.94. The molecule has 1 amide bonds. The van der Waals surface area contributed by atoms with Gasteiger partial charge in [-0.2, -0.15) is 0 Å². The van der Waals surface area contributed by atoms with Crippen LogP contribution in [-0.2, 0) is 4.79 Å². The molecule has 2 aromatic carbocycles. The molecule has 2 N–H and O–H groups in total. The van der Waals surface area contributed by atoms with E-state index in [2.05, 4.69) is 10.3 Å². The van der Waals surface area contributed by atoms with Gasteiger partial charge in [0, 0.05) is 11.6 Å². The van der Waals surface area contributed by atoms with Crippen LogP contribution in [-0.4, -0.2) is 22.2 Å². The number of benzene rings is 2. The minimum atomic E-state index is -1.000. The van der Waals surface area contributed by atoms with Crippen molar-refractivity contribution >= 4 is 40.6 Å². The van der Waals surface area contributed by atoms with Crippen molar-refractivity contribution in [1.29, 1.82) is 0 Å². The highest BCUT2D eigenvalue weighted by Crippen LogP contribution is 2.30. The Hall–Kier alpha value is -3.58. The van der Waals surface area contributed by atoms with Gasteiger partial charge in [-0.15, -0.1) is 0 Å². The number of hydrogen-bond acceptors (Lipinski definition) is 5. The lowest BCUT2D eigenvalue weighted by Gasteiger charge is -1.99. The van der Waals surface area contributed by atoms with Crippen LogP contribution >= 0.6 is 11.8 Å². The average Bonchev–Trinajstić information content (AvgIpc) is 3.30. The Bertz CT molecular complexity index is 1120. The minimum absolute atomic E-state index is 0.182. The van der Waals surface area contributed by atoms with Crippen molar-refractivity contribution < 1.29 is 19.1 Å². The van der Waals surface area contributed by atoms with Gasteiger partial charge >= 0.3 is 5.97 Å². The molecule has 1 aromatic heterocycles. The summed E-state index contributed by atoms with van der Waals surface area (Å²) in [5, 5.41) is 12.3. The third kappa shape index (κ3) is 3.89. The number of carboxylic acid groups (broad SMARTS) is 1. The molecule has 6 nitrogen and oxygen atoms in total. The van der Waals surface area contributed by atoms with Crippen LogP contribution in [0.4, 0.5) is 5.69 Å². The minimum Gasteiger partial charge on any atom is -0.478 e. The molecule has 0 bridgehead atoms. The number of nitrogens with zero attached hydrogens (tertiary/aromatic N) is 1. The van der Waals surface area contributed by atoms with Gasteiger partial charge in [-0.3, -0.25) is 4.79 Å². The van der Waals surface area contributed by atoms with Gasteiger partial charge in [0.25, 0.3) is 5.91 Å². The van der Waals surface area contributed by atoms with Crippen molar-refractivity contribution in [2.24, 2.45) is 4.99 Å². The summed E-state index contributed by atoms with van der Waals surface area (Å²) in [6, 6.07) is 19.3. The van der Waals surface area contributed by atoms with Crippen molar-refractivity contribution in [3.05, 3.63) is 83.0 Å². The number of carbonyl (C=O) groups excluding carboxylic acids is 1. The van der Waals surface area contributed by atoms with E-state index in [9.17, 15) is 9.59 Å². The fraction of sp³-hybridized carbons (Fsp3) is 0. The van der Waals surface area contributed by atoms with Gasteiger partial charge in [0.05, 0.1) is 16.2 Å². The Morgan fingerprint density at radius 2 is 1.89 bits per heavy atom. The summed E-state index contributed by atoms with van der Waals surface area (Å²) in [6.45, 7) is 0. The van der Waals surface area contributed by atoms with Crippen LogP contribution in [0.25, 0.3) is 17.4 Å². The van der Waals surface area contributed by atoms with E-state index >= 15 is 0 Å². The van der Waals surface area contributed by atoms with Crippen LogP contribution in [0.15, 0.2) is 81.0 Å². The van der Waals surface area contributed by atoms with Crippen LogP contribution in [0.1, 0.15) is 16.1 Å². The molecule has 0 atom stereocenters. The number of carbonyl (C=O) groups is 2. The van der Waals surface area contributed by atoms with E-state index in [4.69, 9.17) is 9.52 Å². The molecule has 28 heavy (non-hydrogen) atoms. The highest BCUT2D eigenvalue weighted by molar-refractivity contribution is 8.18. The molecule has 0 aliphatic carbocycles. The zero-order valence-electron chi connectivity index (χ0n) is 14.5. The third-order valence-electron chi connectivity index (χ3n) is 3.93. The number of para-hydroxylation sites is 1. The molecule has 1 saturated heterocycles. The van der Waals surface area contributed by atoms with Gasteiger partial charge in [0.2, 0.25) is 0 Å². The maximum atomic E-state index is 12.2. The number of furan rings is 1. The maximum absolute atomic E-state index is 12.2. The maximum Gasteiger partial charge on any atom is 0.335 e. The number of amides is 1. The lowest BCUT2D eigenvalue weighted by molar-refractivity contribution is -0.115. The highest BCUT2D eigenvalue weighted by Gasteiger charge is 2.24. The smallest absolute Gasteiger partial charge is 0.335 e. The second kappa shape index (κ2) is 7.58. The first-order chi connectivity index (χ1) is 13.6. The normalized spacial score (nSPS) is 16.5. The van der Waals surface area contributed by atoms with Gasteiger partial charge in [-0.05, 0) is 48.2 Å². The van der Waals surface area contributed by atoms with E-state index in [1.807, 2.05) is 30.3 Å². The van der Waals surface area contributed by atoms with E-state index in [1.54, 1.807) is 36.4 Å². The molecule has 1 aliphatic rings. The van der Waals surface area contributed by atoms with Crippen molar-refractivity contribution in [3.8, 4) is 11.3 Å². The van der Waals surface area contributed by atoms with Crippen LogP contribution in [0.3, 0.4) is 0 Å². The lowest BCUT2D eigenvalue weighted by atomic mass is 10.1. The first kappa shape index (κ1) is 17.8. The summed E-state index contributed by atoms with van der Waals surface area (Å²) >= 11 is 1.23. The van der Waals surface area contributed by atoms with E-state index in [1.165, 1.54) is 17.8 Å². The van der Waals surface area contributed by atoms with Crippen LogP contribution in [0, 0.1) is 0 Å². The van der Waals surface area contributed by atoms with Gasteiger partial charge in [0.15, 0.2) is 5.17 Å². The summed E-state index contributed by atoms with van der Waals surface area (Å²) in [4.78, 5) is 28.2. The van der Waals surface area contributed by atoms with Gasteiger partial charge in [-0.25, -0.2) is 9.79 Å². The number of aliphatic imine (C=N–C) groups is 1. The fourth-order valence-electron chi connectivity index (χ4n) is 2.62. The van der Waals surface area contributed by atoms with Gasteiger partial charge in [-0.1, -0.05) is 30.3 Å². The Morgan fingerprint density at radius 3 is 2.68 bits per heavy atom. The Kier molecular flexibility index (Phi) is 4.82. The fourth-order valence-corrected chi connectivity index (χ4v) is 3.44. The van der Waals surface area contributed by atoms with E-state index in [-0.39, 0.29) is 11.5 Å². The highest BCUT2D eigenvalue weighted by atomic mass is 32.2. The first-order valence-corrected chi connectivity index (χ1v) is 9.18. The van der Waals surface area contributed by atoms with Gasteiger partial charge < -0.3 is 14.8 Å². The predicted molar refractivity (Wildman–Crippen MR) is 108 cm³/mol. The summed E-state index contributed by atoms with van der Waals surface area (Å²) < 4.78 is 5.77. The Morgan fingerprint density at radius 1 is 1.07 bits per heavy atom. The number of carboxylic acids is 1. The molecule has 4 rings (SSSR count). The molecular weight excluding hydrogens is 376 g/mol. The molecule has 0 radical (unpaired) electrons. The SMILES string of the molecule is O=C1NC(=Nc2ccccc2)SC1=Cc1ccc(-c2cccc(C(=O)O)c2)o1. The predicted octanol–water partition coefficient (Wildman–Crippen LogP) is 4.54. The number of thioether (sulfide) groups is 1. The monoisotopic (exact) mass is 390 g/mol. The number of rotatable bonds is 4. The molecule has 7 heteroatoms. The summed E-state index contributed by atoms with van der Waals surface area (Å²) in [7, 11) is 0. The molecule has 138 valence electrons. The van der Waals surface area contributed by atoms with E-state index < -0.39 is 5.97 Å². The average molecular weight is 390 g/mol. The number of nitrogens with one attached hydrogen (secondary N) is 1. The van der Waals surface area contributed by atoms with Crippen LogP contribution < -0.4 is 5.32 Å². The molecule has 2 heterocycles. The standard InChI is InChI=1S/C21H14N2O4S/c24-19-18(28-21(23-19)22-15-7-2-1-3-8-15)12-16-9-10-17(27-16)13-5-4-6-14(11-13)20(25)26/h1-12H,(H,25,26)(H,22,23,24). The van der Waals surface area contributed by atoms with E-state index in [0.717, 1.165) is 5.69 Å². The summed E-state index contributed by atoms with van der Waals surface area (Å²) in [5.74, 6) is -0.226. The molecule has 0 saturated carbocycles. The molecular formula is C21H14N2O4S. The quantitative estimate of drug-likeness (QED) is 0.638. The zero-order chi connectivity index (χ0) is 19.5. The van der Waals surface area contributed by atoms with Gasteiger partial charge in [0.1, 0.15) is 11.5 Å². The lowest BCUT2D eigenvalue weighted by Crippen LogP contribution is -2.19. The molecule has 1 aliphatic heterocycles. The number of amidine groups is 1. The van der Waals surface area contributed by atoms with Crippen molar-refractivity contribution in [2.75, 3.05) is 0 Å². The largest absolute Gasteiger partial charge is 0.478 e. The molecule has 3 aromatic rings. The summed E-state index contributed by atoms with van der Waals surface area (Å²) in [6.07, 6.45) is 1.64. The second-order valence-electron chi connectivity index (χ2n) is 5.91. The molecule has 1 fully saturated rings. The molecule has 0 unspecified atom stereocenters.